The maximum atomic E-state index is 13.0. The van der Waals surface area contributed by atoms with Crippen molar-refractivity contribution in [3.05, 3.63) is 22.3 Å². The van der Waals surface area contributed by atoms with Gasteiger partial charge in [-0.15, -0.1) is 0 Å². The molecule has 1 aliphatic heterocycles. The molecule has 2 heterocycles. The van der Waals surface area contributed by atoms with Crippen LogP contribution in [0.3, 0.4) is 0 Å². The normalized spacial score (nSPS) is 24.7. The quantitative estimate of drug-likeness (QED) is 0.864. The van der Waals surface area contributed by atoms with Crippen LogP contribution in [-0.2, 0) is 6.18 Å². The number of alkyl halides is 3. The molecule has 0 radical (unpaired) electrons. The maximum absolute atomic E-state index is 13.0. The Balaban J connectivity index is 2.39. The minimum Gasteiger partial charge on any atom is -0.354 e. The average Bonchev–Trinajstić information content (AvgIpc) is 2.57. The molecule has 0 bridgehead atoms. The molecule has 0 aliphatic carbocycles. The lowest BCUT2D eigenvalue weighted by atomic mass is 10.1. The average molecular weight is 324 g/mol. The topological polar surface area (TPSA) is 42.2 Å². The van der Waals surface area contributed by atoms with Gasteiger partial charge in [-0.1, -0.05) is 6.92 Å². The Kier molecular flexibility index (Phi) is 3.55. The van der Waals surface area contributed by atoms with Gasteiger partial charge < -0.3 is 10.6 Å². The van der Waals surface area contributed by atoms with Gasteiger partial charge in [0.05, 0.1) is 5.56 Å². The van der Waals surface area contributed by atoms with E-state index in [1.165, 1.54) is 6.20 Å². The van der Waals surface area contributed by atoms with Crippen LogP contribution in [0.1, 0.15) is 12.5 Å². The molecule has 100 valence electrons. The third-order valence-corrected chi connectivity index (χ3v) is 3.54. The van der Waals surface area contributed by atoms with Crippen molar-refractivity contribution in [1.29, 1.82) is 0 Å². The van der Waals surface area contributed by atoms with Gasteiger partial charge in [-0.3, -0.25) is 0 Å². The minimum absolute atomic E-state index is 0.0366. The third kappa shape index (κ3) is 2.61. The smallest absolute Gasteiger partial charge is 0.354 e. The van der Waals surface area contributed by atoms with Crippen LogP contribution < -0.4 is 10.6 Å². The SMILES string of the molecule is CC1CN(c2ncc(Br)cc2C(F)(F)F)CC1N. The maximum Gasteiger partial charge on any atom is 0.419 e. The lowest BCUT2D eigenvalue weighted by Gasteiger charge is -2.21. The Hall–Kier alpha value is -0.820. The van der Waals surface area contributed by atoms with Crippen molar-refractivity contribution in [2.24, 2.45) is 11.7 Å². The molecule has 2 unspecified atom stereocenters. The van der Waals surface area contributed by atoms with Gasteiger partial charge >= 0.3 is 6.18 Å². The molecule has 1 aliphatic rings. The van der Waals surface area contributed by atoms with Crippen LogP contribution in [0, 0.1) is 5.92 Å². The molecule has 1 fully saturated rings. The van der Waals surface area contributed by atoms with Crippen molar-refractivity contribution >= 4 is 21.7 Å². The Morgan fingerprint density at radius 3 is 2.61 bits per heavy atom. The molecule has 2 atom stereocenters. The van der Waals surface area contributed by atoms with E-state index in [1.807, 2.05) is 6.92 Å². The van der Waals surface area contributed by atoms with Crippen molar-refractivity contribution in [2.45, 2.75) is 19.1 Å². The second-order valence-electron chi connectivity index (χ2n) is 4.57. The monoisotopic (exact) mass is 323 g/mol. The summed E-state index contributed by atoms with van der Waals surface area (Å²) in [6.45, 7) is 2.83. The molecule has 3 nitrogen and oxygen atoms in total. The Morgan fingerprint density at radius 1 is 1.44 bits per heavy atom. The van der Waals surface area contributed by atoms with Crippen LogP contribution in [0.2, 0.25) is 0 Å². The highest BCUT2D eigenvalue weighted by Gasteiger charge is 2.38. The summed E-state index contributed by atoms with van der Waals surface area (Å²) in [5, 5.41) is 0. The summed E-state index contributed by atoms with van der Waals surface area (Å²) < 4.78 is 39.2. The number of pyridine rings is 1. The first-order chi connectivity index (χ1) is 8.29. The van der Waals surface area contributed by atoms with Crippen LogP contribution in [-0.4, -0.2) is 24.1 Å². The van der Waals surface area contributed by atoms with Gasteiger partial charge in [0, 0.05) is 29.8 Å². The first-order valence-electron chi connectivity index (χ1n) is 5.52. The van der Waals surface area contributed by atoms with Crippen LogP contribution >= 0.6 is 15.9 Å². The predicted molar refractivity (Wildman–Crippen MR) is 66.3 cm³/mol. The first-order valence-corrected chi connectivity index (χ1v) is 6.31. The fourth-order valence-corrected chi connectivity index (χ4v) is 2.39. The molecule has 2 rings (SSSR count). The highest BCUT2D eigenvalue weighted by Crippen LogP contribution is 2.38. The molecule has 0 amide bonds. The zero-order valence-electron chi connectivity index (χ0n) is 9.71. The second kappa shape index (κ2) is 4.70. The van der Waals surface area contributed by atoms with Gasteiger partial charge in [0.25, 0.3) is 0 Å². The molecule has 0 aromatic carbocycles. The van der Waals surface area contributed by atoms with Gasteiger partial charge in [-0.25, -0.2) is 4.98 Å². The number of nitrogens with two attached hydrogens (primary N) is 1. The number of nitrogens with zero attached hydrogens (tertiary/aromatic N) is 2. The first kappa shape index (κ1) is 13.6. The standard InChI is InChI=1S/C11H13BrF3N3/c1-6-4-18(5-9(6)16)10-8(11(13,14)15)2-7(12)3-17-10/h2-3,6,9H,4-5,16H2,1H3. The van der Waals surface area contributed by atoms with E-state index in [2.05, 4.69) is 20.9 Å². The van der Waals surface area contributed by atoms with Crippen molar-refractivity contribution in [3.63, 3.8) is 0 Å². The largest absolute Gasteiger partial charge is 0.419 e. The molecule has 18 heavy (non-hydrogen) atoms. The molecule has 1 aromatic rings. The Labute approximate surface area is 111 Å². The van der Waals surface area contributed by atoms with E-state index >= 15 is 0 Å². The molecule has 1 saturated heterocycles. The summed E-state index contributed by atoms with van der Waals surface area (Å²) >= 11 is 3.02. The van der Waals surface area contributed by atoms with Gasteiger partial charge in [0.1, 0.15) is 5.82 Å². The third-order valence-electron chi connectivity index (χ3n) is 3.11. The summed E-state index contributed by atoms with van der Waals surface area (Å²) in [4.78, 5) is 5.50. The highest BCUT2D eigenvalue weighted by atomic mass is 79.9. The summed E-state index contributed by atoms with van der Waals surface area (Å²) in [5.41, 5.74) is 5.11. The van der Waals surface area contributed by atoms with Gasteiger partial charge in [0.15, 0.2) is 0 Å². The summed E-state index contributed by atoms with van der Waals surface area (Å²) in [6.07, 6.45) is -3.04. The fourth-order valence-electron chi connectivity index (χ4n) is 2.06. The van der Waals surface area contributed by atoms with Crippen LogP contribution in [0.4, 0.5) is 19.0 Å². The van der Waals surface area contributed by atoms with Crippen molar-refractivity contribution in [3.8, 4) is 0 Å². The van der Waals surface area contributed by atoms with Crippen LogP contribution in [0.15, 0.2) is 16.7 Å². The molecule has 1 aromatic heterocycles. The number of hydrogen-bond acceptors (Lipinski definition) is 3. The molecule has 0 saturated carbocycles. The van der Waals surface area contributed by atoms with Gasteiger partial charge in [0.2, 0.25) is 0 Å². The van der Waals surface area contributed by atoms with Crippen LogP contribution in [0.25, 0.3) is 0 Å². The minimum atomic E-state index is -4.41. The van der Waals surface area contributed by atoms with Crippen molar-refractivity contribution in [1.82, 2.24) is 4.98 Å². The fraction of sp³-hybridized carbons (Fsp3) is 0.545. The van der Waals surface area contributed by atoms with Crippen LogP contribution in [0.5, 0.6) is 0 Å². The van der Waals surface area contributed by atoms with E-state index < -0.39 is 11.7 Å². The summed E-state index contributed by atoms with van der Waals surface area (Å²) in [5.74, 6) is 0.127. The lowest BCUT2D eigenvalue weighted by molar-refractivity contribution is -0.137. The molecule has 2 N–H and O–H groups in total. The van der Waals surface area contributed by atoms with Crippen molar-refractivity contribution in [2.75, 3.05) is 18.0 Å². The van der Waals surface area contributed by atoms with E-state index in [0.717, 1.165) is 6.07 Å². The van der Waals surface area contributed by atoms with Gasteiger partial charge in [-0.2, -0.15) is 13.2 Å². The number of anilines is 1. The molecular weight excluding hydrogens is 311 g/mol. The second-order valence-corrected chi connectivity index (χ2v) is 5.48. The number of halogens is 4. The Morgan fingerprint density at radius 2 is 2.11 bits per heavy atom. The molecule has 7 heteroatoms. The summed E-state index contributed by atoms with van der Waals surface area (Å²) in [7, 11) is 0. The number of aromatic nitrogens is 1. The van der Waals surface area contributed by atoms with E-state index in [0.29, 0.717) is 17.6 Å². The molecule has 0 spiro atoms. The lowest BCUT2D eigenvalue weighted by Crippen LogP contribution is -2.29. The predicted octanol–water partition coefficient (Wildman–Crippen LogP) is 2.65. The zero-order chi connectivity index (χ0) is 13.5. The molecular formula is C11H13BrF3N3. The van der Waals surface area contributed by atoms with Gasteiger partial charge in [-0.05, 0) is 27.9 Å². The van der Waals surface area contributed by atoms with E-state index in [-0.39, 0.29) is 17.8 Å². The number of hydrogen-bond donors (Lipinski definition) is 1. The van der Waals surface area contributed by atoms with E-state index in [4.69, 9.17) is 5.73 Å². The summed E-state index contributed by atoms with van der Waals surface area (Å²) in [6, 6.07) is 0.938. The van der Waals surface area contributed by atoms with Crippen molar-refractivity contribution < 1.29 is 13.2 Å². The van der Waals surface area contributed by atoms with E-state index in [9.17, 15) is 13.2 Å². The number of rotatable bonds is 1. The Bertz CT molecular complexity index is 440. The highest BCUT2D eigenvalue weighted by molar-refractivity contribution is 9.10. The van der Waals surface area contributed by atoms with E-state index in [1.54, 1.807) is 4.90 Å². The zero-order valence-corrected chi connectivity index (χ0v) is 11.3.